The average molecular weight is 203 g/mol. The van der Waals surface area contributed by atoms with Crippen molar-refractivity contribution in [3.8, 4) is 0 Å². The van der Waals surface area contributed by atoms with Crippen LogP contribution in [0.1, 0.15) is 32.8 Å². The van der Waals surface area contributed by atoms with E-state index in [1.807, 2.05) is 12.1 Å². The normalized spacial score (nSPS) is 12.2. The molecule has 0 unspecified atom stereocenters. The van der Waals surface area contributed by atoms with Crippen molar-refractivity contribution in [2.45, 2.75) is 32.6 Å². The lowest BCUT2D eigenvalue weighted by atomic mass is 9.81. The first-order valence-corrected chi connectivity index (χ1v) is 5.29. The van der Waals surface area contributed by atoms with Crippen LogP contribution in [-0.2, 0) is 5.41 Å². The number of hydrogen-bond acceptors (Lipinski definition) is 2. The standard InChI is InChI=1S/C12H17N3/c1-4-12(2,3)9-7-5-6-8-10(9)14-15-11(8)13/h5-7H,4H2,1-3H3,(H3,13,14,15). The number of nitrogens with one attached hydrogen (secondary N) is 1. The quantitative estimate of drug-likeness (QED) is 0.788. The third-order valence-electron chi connectivity index (χ3n) is 3.24. The van der Waals surface area contributed by atoms with Crippen LogP contribution >= 0.6 is 0 Å². The molecular weight excluding hydrogens is 186 g/mol. The number of aromatic amines is 1. The van der Waals surface area contributed by atoms with Crippen LogP contribution in [0.2, 0.25) is 0 Å². The molecule has 1 aromatic heterocycles. The van der Waals surface area contributed by atoms with Gasteiger partial charge in [-0.05, 0) is 23.5 Å². The molecule has 3 heteroatoms. The lowest BCUT2D eigenvalue weighted by Gasteiger charge is -2.23. The minimum Gasteiger partial charge on any atom is -0.382 e. The number of rotatable bonds is 2. The van der Waals surface area contributed by atoms with Gasteiger partial charge < -0.3 is 5.73 Å². The molecule has 0 aliphatic carbocycles. The van der Waals surface area contributed by atoms with Crippen molar-refractivity contribution in [1.82, 2.24) is 10.2 Å². The monoisotopic (exact) mass is 203 g/mol. The Bertz CT molecular complexity index is 483. The van der Waals surface area contributed by atoms with E-state index in [1.165, 1.54) is 5.56 Å². The fourth-order valence-corrected chi connectivity index (χ4v) is 1.82. The minimum atomic E-state index is 0.151. The number of nitrogens with two attached hydrogens (primary N) is 1. The van der Waals surface area contributed by atoms with E-state index in [2.05, 4.69) is 37.0 Å². The fraction of sp³-hybridized carbons (Fsp3) is 0.417. The Hall–Kier alpha value is -1.51. The summed E-state index contributed by atoms with van der Waals surface area (Å²) < 4.78 is 0. The molecule has 0 atom stereocenters. The molecule has 0 aliphatic heterocycles. The Kier molecular flexibility index (Phi) is 2.18. The molecule has 0 fully saturated rings. The highest BCUT2D eigenvalue weighted by Crippen LogP contribution is 2.32. The molecule has 0 spiro atoms. The van der Waals surface area contributed by atoms with E-state index in [4.69, 9.17) is 5.73 Å². The van der Waals surface area contributed by atoms with Crippen LogP contribution in [0.4, 0.5) is 5.82 Å². The third-order valence-corrected chi connectivity index (χ3v) is 3.24. The molecule has 0 amide bonds. The van der Waals surface area contributed by atoms with Crippen LogP contribution < -0.4 is 5.73 Å². The van der Waals surface area contributed by atoms with Gasteiger partial charge >= 0.3 is 0 Å². The zero-order valence-corrected chi connectivity index (χ0v) is 9.46. The molecule has 1 aromatic carbocycles. The van der Waals surface area contributed by atoms with Crippen LogP contribution in [0.15, 0.2) is 18.2 Å². The van der Waals surface area contributed by atoms with Crippen molar-refractivity contribution in [3.63, 3.8) is 0 Å². The first-order chi connectivity index (χ1) is 7.06. The van der Waals surface area contributed by atoms with Crippen LogP contribution in [0.5, 0.6) is 0 Å². The van der Waals surface area contributed by atoms with Crippen molar-refractivity contribution in [1.29, 1.82) is 0 Å². The zero-order valence-electron chi connectivity index (χ0n) is 9.46. The largest absolute Gasteiger partial charge is 0.382 e. The number of fused-ring (bicyclic) bond motifs is 1. The van der Waals surface area contributed by atoms with Gasteiger partial charge in [-0.1, -0.05) is 32.9 Å². The topological polar surface area (TPSA) is 54.7 Å². The average Bonchev–Trinajstić information content (AvgIpc) is 2.60. The van der Waals surface area contributed by atoms with Gasteiger partial charge in [-0.2, -0.15) is 5.10 Å². The molecule has 3 N–H and O–H groups in total. The van der Waals surface area contributed by atoms with Crippen LogP contribution in [-0.4, -0.2) is 10.2 Å². The predicted octanol–water partition coefficient (Wildman–Crippen LogP) is 2.83. The van der Waals surface area contributed by atoms with Gasteiger partial charge in [0.15, 0.2) is 5.82 Å². The van der Waals surface area contributed by atoms with Gasteiger partial charge in [0.2, 0.25) is 0 Å². The predicted molar refractivity (Wildman–Crippen MR) is 63.8 cm³/mol. The van der Waals surface area contributed by atoms with Gasteiger partial charge in [-0.3, -0.25) is 5.10 Å². The number of para-hydroxylation sites is 1. The first-order valence-electron chi connectivity index (χ1n) is 5.29. The Morgan fingerprint density at radius 3 is 2.80 bits per heavy atom. The summed E-state index contributed by atoms with van der Waals surface area (Å²) >= 11 is 0. The van der Waals surface area contributed by atoms with E-state index >= 15 is 0 Å². The maximum absolute atomic E-state index is 5.79. The SMILES string of the molecule is CCC(C)(C)c1cccc2c(N)n[nH]c12. The molecule has 2 rings (SSSR count). The smallest absolute Gasteiger partial charge is 0.153 e. The maximum atomic E-state index is 5.79. The number of aromatic nitrogens is 2. The summed E-state index contributed by atoms with van der Waals surface area (Å²) in [4.78, 5) is 0. The van der Waals surface area contributed by atoms with Crippen LogP contribution in [0.25, 0.3) is 10.9 Å². The Morgan fingerprint density at radius 2 is 2.13 bits per heavy atom. The Morgan fingerprint density at radius 1 is 1.40 bits per heavy atom. The summed E-state index contributed by atoms with van der Waals surface area (Å²) in [6.07, 6.45) is 1.09. The number of nitrogens with zero attached hydrogens (tertiary/aromatic N) is 1. The number of benzene rings is 1. The number of H-pyrrole nitrogens is 1. The number of hydrogen-bond donors (Lipinski definition) is 2. The van der Waals surface area contributed by atoms with Gasteiger partial charge in [0.25, 0.3) is 0 Å². The summed E-state index contributed by atoms with van der Waals surface area (Å²) in [5, 5.41) is 8.10. The summed E-state index contributed by atoms with van der Waals surface area (Å²) in [6, 6.07) is 6.19. The van der Waals surface area contributed by atoms with Crippen LogP contribution in [0, 0.1) is 0 Å². The van der Waals surface area contributed by atoms with E-state index in [-0.39, 0.29) is 5.41 Å². The van der Waals surface area contributed by atoms with Gasteiger partial charge in [0, 0.05) is 5.39 Å². The number of anilines is 1. The summed E-state index contributed by atoms with van der Waals surface area (Å²) in [5.41, 5.74) is 8.29. The molecule has 2 aromatic rings. The Balaban J connectivity index is 2.71. The molecule has 1 heterocycles. The fourth-order valence-electron chi connectivity index (χ4n) is 1.82. The zero-order chi connectivity index (χ0) is 11.1. The van der Waals surface area contributed by atoms with E-state index in [1.54, 1.807) is 0 Å². The van der Waals surface area contributed by atoms with Crippen LogP contribution in [0.3, 0.4) is 0 Å². The molecule has 0 bridgehead atoms. The summed E-state index contributed by atoms with van der Waals surface area (Å²) in [5.74, 6) is 0.582. The maximum Gasteiger partial charge on any atom is 0.153 e. The lowest BCUT2D eigenvalue weighted by Crippen LogP contribution is -2.15. The molecule has 80 valence electrons. The highest BCUT2D eigenvalue weighted by atomic mass is 15.2. The third kappa shape index (κ3) is 1.48. The highest BCUT2D eigenvalue weighted by Gasteiger charge is 2.21. The second-order valence-electron chi connectivity index (χ2n) is 4.57. The molecular formula is C12H17N3. The molecule has 15 heavy (non-hydrogen) atoms. The Labute approximate surface area is 89.7 Å². The van der Waals surface area contributed by atoms with E-state index in [0.29, 0.717) is 5.82 Å². The second-order valence-corrected chi connectivity index (χ2v) is 4.57. The summed E-state index contributed by atoms with van der Waals surface area (Å²) in [7, 11) is 0. The van der Waals surface area contributed by atoms with E-state index < -0.39 is 0 Å². The minimum absolute atomic E-state index is 0.151. The van der Waals surface area contributed by atoms with Crippen molar-refractivity contribution in [2.24, 2.45) is 0 Å². The van der Waals surface area contributed by atoms with Crippen molar-refractivity contribution in [3.05, 3.63) is 23.8 Å². The second kappa shape index (κ2) is 3.26. The van der Waals surface area contributed by atoms with Crippen molar-refractivity contribution >= 4 is 16.7 Å². The van der Waals surface area contributed by atoms with E-state index in [0.717, 1.165) is 17.3 Å². The van der Waals surface area contributed by atoms with Gasteiger partial charge in [-0.25, -0.2) is 0 Å². The van der Waals surface area contributed by atoms with Gasteiger partial charge in [-0.15, -0.1) is 0 Å². The first kappa shape index (κ1) is 10.0. The number of nitrogen functional groups attached to an aromatic ring is 1. The molecule has 0 saturated carbocycles. The summed E-state index contributed by atoms with van der Waals surface area (Å²) in [6.45, 7) is 6.66. The van der Waals surface area contributed by atoms with Crippen molar-refractivity contribution in [2.75, 3.05) is 5.73 Å². The highest BCUT2D eigenvalue weighted by molar-refractivity contribution is 5.91. The molecule has 3 nitrogen and oxygen atoms in total. The molecule has 0 aliphatic rings. The van der Waals surface area contributed by atoms with Gasteiger partial charge in [0.05, 0.1) is 5.52 Å². The van der Waals surface area contributed by atoms with E-state index in [9.17, 15) is 0 Å². The van der Waals surface area contributed by atoms with Crippen molar-refractivity contribution < 1.29 is 0 Å². The molecule has 0 saturated heterocycles. The lowest BCUT2D eigenvalue weighted by molar-refractivity contribution is 0.509. The van der Waals surface area contributed by atoms with Gasteiger partial charge in [0.1, 0.15) is 0 Å². The molecule has 0 radical (unpaired) electrons.